The van der Waals surface area contributed by atoms with Crippen molar-refractivity contribution in [1.82, 2.24) is 15.3 Å². The molecule has 0 saturated carbocycles. The summed E-state index contributed by atoms with van der Waals surface area (Å²) in [5.74, 6) is 0.385. The fraction of sp³-hybridized carbons (Fsp3) is 0.214. The number of fused-ring (bicyclic) bond motifs is 1. The molecule has 8 heteroatoms. The zero-order valence-electron chi connectivity index (χ0n) is 19.9. The first-order chi connectivity index (χ1) is 17.6. The number of nitrogens with zero attached hydrogens (tertiary/aromatic N) is 3. The number of amides is 2. The van der Waals surface area contributed by atoms with E-state index >= 15 is 0 Å². The number of carbonyl (C=O) groups excluding carboxylic acids is 2. The van der Waals surface area contributed by atoms with Gasteiger partial charge in [-0.15, -0.1) is 11.3 Å². The molecular formula is C28H26N4O3S. The Balaban J connectivity index is 1.24. The van der Waals surface area contributed by atoms with Crippen molar-refractivity contribution in [3.05, 3.63) is 95.0 Å². The second-order valence-corrected chi connectivity index (χ2v) is 9.61. The fourth-order valence-electron chi connectivity index (χ4n) is 4.22. The van der Waals surface area contributed by atoms with E-state index in [9.17, 15) is 9.59 Å². The first kappa shape index (κ1) is 23.7. The van der Waals surface area contributed by atoms with Crippen LogP contribution in [0, 0.1) is 0 Å². The Labute approximate surface area is 213 Å². The molecule has 5 rings (SSSR count). The molecule has 1 N–H and O–H groups in total. The van der Waals surface area contributed by atoms with E-state index in [2.05, 4.69) is 15.4 Å². The highest BCUT2D eigenvalue weighted by Crippen LogP contribution is 2.34. The van der Waals surface area contributed by atoms with Gasteiger partial charge in [0.1, 0.15) is 10.8 Å². The van der Waals surface area contributed by atoms with Crippen molar-refractivity contribution in [3.8, 4) is 5.75 Å². The van der Waals surface area contributed by atoms with E-state index < -0.39 is 0 Å². The van der Waals surface area contributed by atoms with Crippen LogP contribution >= 0.6 is 11.3 Å². The number of ether oxygens (including phenoxy) is 1. The van der Waals surface area contributed by atoms with Gasteiger partial charge in [0.15, 0.2) is 0 Å². The van der Waals surface area contributed by atoms with E-state index in [4.69, 9.17) is 4.74 Å². The molecule has 0 unspecified atom stereocenters. The molecular weight excluding hydrogens is 472 g/mol. The molecule has 0 bridgehead atoms. The molecule has 0 radical (unpaired) electrons. The Morgan fingerprint density at radius 1 is 1.00 bits per heavy atom. The van der Waals surface area contributed by atoms with Crippen LogP contribution in [0.3, 0.4) is 0 Å². The molecule has 3 aromatic carbocycles. The van der Waals surface area contributed by atoms with Gasteiger partial charge in [0, 0.05) is 19.3 Å². The second kappa shape index (κ2) is 10.7. The van der Waals surface area contributed by atoms with Crippen LogP contribution in [0.5, 0.6) is 5.75 Å². The third-order valence-electron chi connectivity index (χ3n) is 6.11. The number of benzene rings is 3. The SMILES string of the molecule is COc1ccc([C@H]2CC(c3ccccc3)=NN2C(=O)CCC(=O)NCc2nc3ccccc3s2)cc1. The van der Waals surface area contributed by atoms with Gasteiger partial charge in [0.05, 0.1) is 35.6 Å². The van der Waals surface area contributed by atoms with Gasteiger partial charge in [-0.3, -0.25) is 9.59 Å². The Kier molecular flexibility index (Phi) is 7.04. The molecule has 2 amide bonds. The molecule has 7 nitrogen and oxygen atoms in total. The maximum Gasteiger partial charge on any atom is 0.243 e. The number of hydrogen-bond donors (Lipinski definition) is 1. The van der Waals surface area contributed by atoms with Crippen molar-refractivity contribution in [2.24, 2.45) is 5.10 Å². The van der Waals surface area contributed by atoms with Crippen LogP contribution in [0.15, 0.2) is 84.0 Å². The molecule has 4 aromatic rings. The first-order valence-corrected chi connectivity index (χ1v) is 12.6. The lowest BCUT2D eigenvalue weighted by Crippen LogP contribution is -2.29. The molecule has 0 saturated heterocycles. The summed E-state index contributed by atoms with van der Waals surface area (Å²) in [6.45, 7) is 0.348. The topological polar surface area (TPSA) is 83.9 Å². The Bertz CT molecular complexity index is 1370. The monoisotopic (exact) mass is 498 g/mol. The molecule has 36 heavy (non-hydrogen) atoms. The summed E-state index contributed by atoms with van der Waals surface area (Å²) in [6.07, 6.45) is 0.765. The summed E-state index contributed by atoms with van der Waals surface area (Å²) >= 11 is 1.55. The van der Waals surface area contributed by atoms with Crippen LogP contribution in [-0.2, 0) is 16.1 Å². The lowest BCUT2D eigenvalue weighted by molar-refractivity contribution is -0.135. The van der Waals surface area contributed by atoms with Crippen molar-refractivity contribution in [1.29, 1.82) is 0 Å². The Morgan fingerprint density at radius 2 is 1.75 bits per heavy atom. The van der Waals surface area contributed by atoms with Gasteiger partial charge >= 0.3 is 0 Å². The van der Waals surface area contributed by atoms with E-state index in [0.717, 1.165) is 37.8 Å². The van der Waals surface area contributed by atoms with Gasteiger partial charge in [-0.1, -0.05) is 54.6 Å². The van der Waals surface area contributed by atoms with Crippen LogP contribution in [0.1, 0.15) is 41.4 Å². The van der Waals surface area contributed by atoms with E-state index in [1.807, 2.05) is 78.9 Å². The highest BCUT2D eigenvalue weighted by molar-refractivity contribution is 7.18. The molecule has 1 aliphatic heterocycles. The third kappa shape index (κ3) is 5.28. The molecule has 1 aromatic heterocycles. The van der Waals surface area contributed by atoms with Gasteiger partial charge < -0.3 is 10.1 Å². The number of hydrazone groups is 1. The quantitative estimate of drug-likeness (QED) is 0.367. The number of carbonyl (C=O) groups is 2. The minimum Gasteiger partial charge on any atom is -0.497 e. The molecule has 1 aliphatic rings. The molecule has 2 heterocycles. The van der Waals surface area contributed by atoms with Gasteiger partial charge in [-0.2, -0.15) is 5.10 Å². The summed E-state index contributed by atoms with van der Waals surface area (Å²) in [7, 11) is 1.62. The molecule has 0 spiro atoms. The number of thiazole rings is 1. The van der Waals surface area contributed by atoms with E-state index in [0.29, 0.717) is 13.0 Å². The highest BCUT2D eigenvalue weighted by Gasteiger charge is 2.33. The van der Waals surface area contributed by atoms with Crippen LogP contribution in [0.25, 0.3) is 10.2 Å². The maximum absolute atomic E-state index is 13.2. The third-order valence-corrected chi connectivity index (χ3v) is 7.15. The van der Waals surface area contributed by atoms with Crippen LogP contribution in [0.4, 0.5) is 0 Å². The van der Waals surface area contributed by atoms with Crippen LogP contribution < -0.4 is 10.1 Å². The van der Waals surface area contributed by atoms with Crippen molar-refractivity contribution < 1.29 is 14.3 Å². The average Bonchev–Trinajstić information content (AvgIpc) is 3.56. The zero-order valence-corrected chi connectivity index (χ0v) is 20.7. The average molecular weight is 499 g/mol. The van der Waals surface area contributed by atoms with Gasteiger partial charge in [0.25, 0.3) is 0 Å². The minimum atomic E-state index is -0.232. The van der Waals surface area contributed by atoms with Crippen molar-refractivity contribution >= 4 is 39.1 Å². The van der Waals surface area contributed by atoms with Gasteiger partial charge in [-0.25, -0.2) is 9.99 Å². The predicted octanol–water partition coefficient (Wildman–Crippen LogP) is 5.08. The summed E-state index contributed by atoms with van der Waals surface area (Å²) in [5.41, 5.74) is 3.73. The first-order valence-electron chi connectivity index (χ1n) is 11.8. The Morgan fingerprint density at radius 3 is 2.50 bits per heavy atom. The number of rotatable bonds is 8. The molecule has 0 aliphatic carbocycles. The minimum absolute atomic E-state index is 0.0733. The largest absolute Gasteiger partial charge is 0.497 e. The summed E-state index contributed by atoms with van der Waals surface area (Å²) < 4.78 is 6.36. The normalized spacial score (nSPS) is 15.1. The second-order valence-electron chi connectivity index (χ2n) is 8.50. The lowest BCUT2D eigenvalue weighted by Gasteiger charge is -2.22. The smallest absolute Gasteiger partial charge is 0.243 e. The molecule has 182 valence electrons. The van der Waals surface area contributed by atoms with Gasteiger partial charge in [-0.05, 0) is 35.4 Å². The molecule has 0 fully saturated rings. The van der Waals surface area contributed by atoms with Crippen molar-refractivity contribution in [2.75, 3.05) is 7.11 Å². The standard InChI is InChI=1S/C28H26N4O3S/c1-35-21-13-11-20(12-14-21)24-17-23(19-7-3-2-4-8-19)31-32(24)28(34)16-15-26(33)29-18-27-30-22-9-5-6-10-25(22)36-27/h2-14,24H,15-18H2,1H3,(H,29,33)/t24-/m1/s1. The van der Waals surface area contributed by atoms with E-state index in [1.165, 1.54) is 5.01 Å². The summed E-state index contributed by atoms with van der Waals surface area (Å²) in [6, 6.07) is 25.2. The lowest BCUT2D eigenvalue weighted by atomic mass is 9.98. The van der Waals surface area contributed by atoms with Gasteiger partial charge in [0.2, 0.25) is 11.8 Å². The molecule has 1 atom stereocenters. The predicted molar refractivity (Wildman–Crippen MR) is 141 cm³/mol. The number of aromatic nitrogens is 1. The fourth-order valence-corrected chi connectivity index (χ4v) is 5.13. The Hall–Kier alpha value is -4.04. The number of methoxy groups -OCH3 is 1. The maximum atomic E-state index is 13.2. The van der Waals surface area contributed by atoms with Crippen LogP contribution in [-0.4, -0.2) is 34.6 Å². The summed E-state index contributed by atoms with van der Waals surface area (Å²) in [5, 5.41) is 9.94. The number of hydrogen-bond acceptors (Lipinski definition) is 6. The number of para-hydroxylation sites is 1. The highest BCUT2D eigenvalue weighted by atomic mass is 32.1. The zero-order chi connectivity index (χ0) is 24.9. The van der Waals surface area contributed by atoms with Crippen molar-refractivity contribution in [2.45, 2.75) is 31.8 Å². The van der Waals surface area contributed by atoms with E-state index in [1.54, 1.807) is 18.4 Å². The number of nitrogens with one attached hydrogen (secondary N) is 1. The summed E-state index contributed by atoms with van der Waals surface area (Å²) in [4.78, 5) is 30.3. The van der Waals surface area contributed by atoms with Crippen molar-refractivity contribution in [3.63, 3.8) is 0 Å². The van der Waals surface area contributed by atoms with Crippen LogP contribution in [0.2, 0.25) is 0 Å². The van der Waals surface area contributed by atoms with E-state index in [-0.39, 0.29) is 30.7 Å².